The molecule has 1 saturated heterocycles. The fourth-order valence-corrected chi connectivity index (χ4v) is 2.16. The van der Waals surface area contributed by atoms with Crippen LogP contribution in [0.5, 0.6) is 0 Å². The lowest BCUT2D eigenvalue weighted by atomic mass is 10.1. The standard InChI is InChI=1S/C11H18F3NO2/c1-8-5-3-2-4-6-15(8)7-9(10(16)17)11(12,13)14/h8-9H,2-7H2,1H3,(H,16,17). The van der Waals surface area contributed by atoms with Crippen LogP contribution in [0.25, 0.3) is 0 Å². The Kier molecular flexibility index (Phi) is 4.80. The SMILES string of the molecule is CC1CCCCCN1CC(C(=O)O)C(F)(F)F. The minimum absolute atomic E-state index is 0.0294. The number of aliphatic carboxylic acids is 1. The highest BCUT2D eigenvalue weighted by molar-refractivity contribution is 5.71. The minimum atomic E-state index is -4.67. The molecule has 100 valence electrons. The van der Waals surface area contributed by atoms with Crippen molar-refractivity contribution in [1.82, 2.24) is 4.90 Å². The predicted octanol–water partition coefficient (Wildman–Crippen LogP) is 2.51. The molecule has 0 amide bonds. The van der Waals surface area contributed by atoms with Gasteiger partial charge in [-0.2, -0.15) is 13.2 Å². The Morgan fingerprint density at radius 3 is 2.59 bits per heavy atom. The van der Waals surface area contributed by atoms with Crippen molar-refractivity contribution in [2.24, 2.45) is 5.92 Å². The zero-order valence-electron chi connectivity index (χ0n) is 9.83. The van der Waals surface area contributed by atoms with Gasteiger partial charge < -0.3 is 5.11 Å². The van der Waals surface area contributed by atoms with E-state index in [0.717, 1.165) is 25.7 Å². The molecule has 1 N–H and O–H groups in total. The first kappa shape index (κ1) is 14.3. The molecular formula is C11H18F3NO2. The summed E-state index contributed by atoms with van der Waals surface area (Å²) in [7, 11) is 0. The highest BCUT2D eigenvalue weighted by Gasteiger charge is 2.46. The number of carboxylic acid groups (broad SMARTS) is 1. The molecular weight excluding hydrogens is 235 g/mol. The molecule has 0 aromatic rings. The third-order valence-electron chi connectivity index (χ3n) is 3.30. The Morgan fingerprint density at radius 2 is 2.06 bits per heavy atom. The topological polar surface area (TPSA) is 40.5 Å². The number of hydrogen-bond acceptors (Lipinski definition) is 2. The third kappa shape index (κ3) is 4.18. The largest absolute Gasteiger partial charge is 0.481 e. The van der Waals surface area contributed by atoms with Gasteiger partial charge in [0.05, 0.1) is 0 Å². The van der Waals surface area contributed by atoms with Crippen molar-refractivity contribution in [1.29, 1.82) is 0 Å². The summed E-state index contributed by atoms with van der Waals surface area (Å²) in [6.07, 6.45) is -0.984. The van der Waals surface area contributed by atoms with Gasteiger partial charge in [0.2, 0.25) is 0 Å². The average molecular weight is 253 g/mol. The van der Waals surface area contributed by atoms with Crippen molar-refractivity contribution in [3.63, 3.8) is 0 Å². The molecule has 0 aromatic heterocycles. The van der Waals surface area contributed by atoms with Gasteiger partial charge in [-0.25, -0.2) is 0 Å². The second kappa shape index (κ2) is 5.71. The molecule has 0 bridgehead atoms. The quantitative estimate of drug-likeness (QED) is 0.840. The second-order valence-corrected chi connectivity index (χ2v) is 4.63. The Labute approximate surface area is 98.6 Å². The van der Waals surface area contributed by atoms with E-state index in [0.29, 0.717) is 6.54 Å². The first-order valence-corrected chi connectivity index (χ1v) is 5.86. The first-order chi connectivity index (χ1) is 7.82. The summed E-state index contributed by atoms with van der Waals surface area (Å²) < 4.78 is 37.6. The van der Waals surface area contributed by atoms with Gasteiger partial charge in [-0.1, -0.05) is 12.8 Å². The van der Waals surface area contributed by atoms with Crippen LogP contribution >= 0.6 is 0 Å². The summed E-state index contributed by atoms with van der Waals surface area (Å²) in [4.78, 5) is 12.3. The molecule has 1 fully saturated rings. The van der Waals surface area contributed by atoms with E-state index in [9.17, 15) is 18.0 Å². The van der Waals surface area contributed by atoms with Gasteiger partial charge in [0, 0.05) is 12.6 Å². The van der Waals surface area contributed by atoms with Gasteiger partial charge >= 0.3 is 12.1 Å². The fraction of sp³-hybridized carbons (Fsp3) is 0.909. The summed E-state index contributed by atoms with van der Waals surface area (Å²) in [5.41, 5.74) is 0. The van der Waals surface area contributed by atoms with Gasteiger partial charge in [0.25, 0.3) is 0 Å². The Balaban J connectivity index is 2.68. The van der Waals surface area contributed by atoms with E-state index in [1.54, 1.807) is 4.90 Å². The van der Waals surface area contributed by atoms with E-state index in [1.165, 1.54) is 0 Å². The predicted molar refractivity (Wildman–Crippen MR) is 56.7 cm³/mol. The lowest BCUT2D eigenvalue weighted by molar-refractivity contribution is -0.197. The van der Waals surface area contributed by atoms with Crippen molar-refractivity contribution in [2.45, 2.75) is 44.8 Å². The van der Waals surface area contributed by atoms with Gasteiger partial charge in [0.15, 0.2) is 5.92 Å². The van der Waals surface area contributed by atoms with Crippen molar-refractivity contribution >= 4 is 5.97 Å². The maximum atomic E-state index is 12.5. The van der Waals surface area contributed by atoms with Crippen LogP contribution in [0.1, 0.15) is 32.6 Å². The third-order valence-corrected chi connectivity index (χ3v) is 3.30. The molecule has 1 rings (SSSR count). The molecule has 3 nitrogen and oxygen atoms in total. The Bertz CT molecular complexity index is 268. The molecule has 0 saturated carbocycles. The fourth-order valence-electron chi connectivity index (χ4n) is 2.16. The number of carbonyl (C=O) groups is 1. The van der Waals surface area contributed by atoms with Crippen LogP contribution in [0.15, 0.2) is 0 Å². The Hall–Kier alpha value is -0.780. The molecule has 1 heterocycles. The van der Waals surface area contributed by atoms with E-state index < -0.39 is 24.6 Å². The number of nitrogens with zero attached hydrogens (tertiary/aromatic N) is 1. The van der Waals surface area contributed by atoms with Crippen LogP contribution < -0.4 is 0 Å². The lowest BCUT2D eigenvalue weighted by Gasteiger charge is -2.30. The summed E-state index contributed by atoms with van der Waals surface area (Å²) in [5, 5.41) is 8.65. The number of carboxylic acids is 1. The highest BCUT2D eigenvalue weighted by Crippen LogP contribution is 2.29. The number of rotatable bonds is 3. The van der Waals surface area contributed by atoms with Gasteiger partial charge in [-0.15, -0.1) is 0 Å². The number of halogens is 3. The molecule has 0 aromatic carbocycles. The summed E-state index contributed by atoms with van der Waals surface area (Å²) in [6, 6.07) is 0.0294. The van der Waals surface area contributed by atoms with Gasteiger partial charge in [-0.3, -0.25) is 9.69 Å². The van der Waals surface area contributed by atoms with Crippen molar-refractivity contribution in [2.75, 3.05) is 13.1 Å². The normalized spacial score (nSPS) is 25.3. The van der Waals surface area contributed by atoms with E-state index >= 15 is 0 Å². The van der Waals surface area contributed by atoms with E-state index in [4.69, 9.17) is 5.11 Å². The molecule has 2 unspecified atom stereocenters. The van der Waals surface area contributed by atoms with Crippen LogP contribution in [0, 0.1) is 5.92 Å². The maximum absolute atomic E-state index is 12.5. The van der Waals surface area contributed by atoms with Crippen LogP contribution in [-0.2, 0) is 4.79 Å². The second-order valence-electron chi connectivity index (χ2n) is 4.63. The average Bonchev–Trinajstić information content (AvgIpc) is 2.37. The minimum Gasteiger partial charge on any atom is -0.481 e. The molecule has 2 atom stereocenters. The van der Waals surface area contributed by atoms with E-state index in [2.05, 4.69) is 0 Å². The number of hydrogen-bond donors (Lipinski definition) is 1. The molecule has 0 aliphatic carbocycles. The van der Waals surface area contributed by atoms with Crippen molar-refractivity contribution in [3.8, 4) is 0 Å². The molecule has 6 heteroatoms. The van der Waals surface area contributed by atoms with Crippen molar-refractivity contribution < 1.29 is 23.1 Å². The number of alkyl halides is 3. The summed E-state index contributed by atoms with van der Waals surface area (Å²) in [6.45, 7) is 1.99. The summed E-state index contributed by atoms with van der Waals surface area (Å²) in [5.74, 6) is -4.06. The number of likely N-dealkylation sites (tertiary alicyclic amines) is 1. The van der Waals surface area contributed by atoms with Crippen LogP contribution in [0.3, 0.4) is 0 Å². The van der Waals surface area contributed by atoms with Crippen LogP contribution in [0.4, 0.5) is 13.2 Å². The molecule has 17 heavy (non-hydrogen) atoms. The van der Waals surface area contributed by atoms with E-state index in [1.807, 2.05) is 6.92 Å². The van der Waals surface area contributed by atoms with Gasteiger partial charge in [0.1, 0.15) is 0 Å². The molecule has 1 aliphatic heterocycles. The zero-order chi connectivity index (χ0) is 13.1. The molecule has 0 radical (unpaired) electrons. The highest BCUT2D eigenvalue weighted by atomic mass is 19.4. The van der Waals surface area contributed by atoms with Crippen LogP contribution in [-0.4, -0.2) is 41.3 Å². The molecule has 1 aliphatic rings. The Morgan fingerprint density at radius 1 is 1.41 bits per heavy atom. The van der Waals surface area contributed by atoms with E-state index in [-0.39, 0.29) is 6.04 Å². The summed E-state index contributed by atoms with van der Waals surface area (Å²) >= 11 is 0. The van der Waals surface area contributed by atoms with Crippen molar-refractivity contribution in [3.05, 3.63) is 0 Å². The lowest BCUT2D eigenvalue weighted by Crippen LogP contribution is -2.44. The smallest absolute Gasteiger partial charge is 0.403 e. The zero-order valence-corrected chi connectivity index (χ0v) is 9.83. The van der Waals surface area contributed by atoms with Gasteiger partial charge in [-0.05, 0) is 26.3 Å². The first-order valence-electron chi connectivity index (χ1n) is 5.86. The monoisotopic (exact) mass is 253 g/mol. The molecule has 0 spiro atoms. The maximum Gasteiger partial charge on any atom is 0.403 e. The van der Waals surface area contributed by atoms with Crippen LogP contribution in [0.2, 0.25) is 0 Å².